The lowest BCUT2D eigenvalue weighted by atomic mass is 10.2. The second kappa shape index (κ2) is 8.76. The van der Waals surface area contributed by atoms with Crippen molar-refractivity contribution < 1.29 is 4.79 Å². The summed E-state index contributed by atoms with van der Waals surface area (Å²) in [5.41, 5.74) is 18.6. The number of hydrogen-bond acceptors (Lipinski definition) is 3. The molecule has 0 saturated heterocycles. The summed E-state index contributed by atoms with van der Waals surface area (Å²) in [6.45, 7) is 0. The Morgan fingerprint density at radius 3 is 1.95 bits per heavy atom. The Morgan fingerprint density at radius 2 is 1.45 bits per heavy atom. The van der Waals surface area contributed by atoms with Gasteiger partial charge in [0.2, 0.25) is 0 Å². The van der Waals surface area contributed by atoms with Crippen LogP contribution in [0, 0.1) is 0 Å². The number of carbonyl (C=O) groups is 1. The Bertz CT molecular complexity index is 637. The molecule has 2 aromatic carbocycles. The van der Waals surface area contributed by atoms with Gasteiger partial charge in [-0.05, 0) is 48.5 Å². The number of benzene rings is 2. The Hall–Kier alpha value is -2.44. The first-order chi connectivity index (χ1) is 9.54. The molecule has 1 amide bonds. The van der Waals surface area contributed by atoms with Gasteiger partial charge in [-0.3, -0.25) is 4.79 Å². The van der Waals surface area contributed by atoms with Crippen molar-refractivity contribution in [1.82, 2.24) is 0 Å². The van der Waals surface area contributed by atoms with Crippen molar-refractivity contribution in [1.29, 1.82) is 0 Å². The zero-order chi connectivity index (χ0) is 14.5. The van der Waals surface area contributed by atoms with E-state index in [9.17, 15) is 4.79 Å². The van der Waals surface area contributed by atoms with E-state index in [0.717, 1.165) is 0 Å². The van der Waals surface area contributed by atoms with Crippen LogP contribution in [0.5, 0.6) is 0 Å². The standard InChI is InChI=1S/C14H15N5O.2ClH/c15-10-3-1-9(2-4-10)13(20)18-11-5-7-12(8-6-11)19-14(16)17;;/h1-8H,15H2,(H,18,20)(H4,16,17,19);2*1H. The summed E-state index contributed by atoms with van der Waals surface area (Å²) in [6.07, 6.45) is 0. The van der Waals surface area contributed by atoms with E-state index >= 15 is 0 Å². The van der Waals surface area contributed by atoms with Crippen LogP contribution in [0.2, 0.25) is 0 Å². The topological polar surface area (TPSA) is 120 Å². The second-order valence-corrected chi connectivity index (χ2v) is 4.16. The minimum absolute atomic E-state index is 0. The van der Waals surface area contributed by atoms with E-state index < -0.39 is 0 Å². The van der Waals surface area contributed by atoms with Crippen LogP contribution in [-0.2, 0) is 0 Å². The van der Waals surface area contributed by atoms with E-state index in [1.165, 1.54) is 0 Å². The number of nitrogen functional groups attached to an aromatic ring is 1. The van der Waals surface area contributed by atoms with Gasteiger partial charge in [0.25, 0.3) is 5.91 Å². The average molecular weight is 342 g/mol. The first kappa shape index (κ1) is 19.6. The normalized spacial score (nSPS) is 8.91. The molecular formula is C14H17Cl2N5O. The van der Waals surface area contributed by atoms with Gasteiger partial charge in [0, 0.05) is 16.9 Å². The smallest absolute Gasteiger partial charge is 0.255 e. The van der Waals surface area contributed by atoms with E-state index in [4.69, 9.17) is 17.2 Å². The first-order valence-corrected chi connectivity index (χ1v) is 5.91. The van der Waals surface area contributed by atoms with Crippen LogP contribution in [0.4, 0.5) is 17.1 Å². The van der Waals surface area contributed by atoms with Gasteiger partial charge in [-0.25, -0.2) is 4.99 Å². The SMILES string of the molecule is Cl.Cl.NC(N)=Nc1ccc(NC(=O)c2ccc(N)cc2)cc1. The first-order valence-electron chi connectivity index (χ1n) is 5.91. The molecule has 0 unspecified atom stereocenters. The largest absolute Gasteiger partial charge is 0.399 e. The third-order valence-electron chi connectivity index (χ3n) is 2.56. The molecule has 0 aromatic heterocycles. The highest BCUT2D eigenvalue weighted by Crippen LogP contribution is 2.17. The Kier molecular flexibility index (Phi) is 7.79. The zero-order valence-electron chi connectivity index (χ0n) is 11.5. The van der Waals surface area contributed by atoms with Crippen LogP contribution >= 0.6 is 24.8 Å². The average Bonchev–Trinajstić information content (AvgIpc) is 2.41. The van der Waals surface area contributed by atoms with Crippen molar-refractivity contribution in [3.63, 3.8) is 0 Å². The van der Waals surface area contributed by atoms with Gasteiger partial charge in [0.1, 0.15) is 0 Å². The van der Waals surface area contributed by atoms with Gasteiger partial charge in [-0.1, -0.05) is 0 Å². The van der Waals surface area contributed by atoms with E-state index in [2.05, 4.69) is 10.3 Å². The van der Waals surface area contributed by atoms with Gasteiger partial charge in [-0.2, -0.15) is 0 Å². The van der Waals surface area contributed by atoms with Crippen LogP contribution in [0.3, 0.4) is 0 Å². The Labute approximate surface area is 140 Å². The van der Waals surface area contributed by atoms with Crippen molar-refractivity contribution in [2.45, 2.75) is 0 Å². The van der Waals surface area contributed by atoms with Gasteiger partial charge >= 0.3 is 0 Å². The molecule has 118 valence electrons. The zero-order valence-corrected chi connectivity index (χ0v) is 13.2. The lowest BCUT2D eigenvalue weighted by Crippen LogP contribution is -2.21. The van der Waals surface area contributed by atoms with Crippen LogP contribution in [0.1, 0.15) is 10.4 Å². The predicted molar refractivity (Wildman–Crippen MR) is 95.2 cm³/mol. The van der Waals surface area contributed by atoms with Gasteiger partial charge < -0.3 is 22.5 Å². The number of nitrogens with two attached hydrogens (primary N) is 3. The van der Waals surface area contributed by atoms with Crippen molar-refractivity contribution in [2.75, 3.05) is 11.1 Å². The number of aliphatic imine (C=N–C) groups is 1. The van der Waals surface area contributed by atoms with Crippen molar-refractivity contribution >= 4 is 53.7 Å². The summed E-state index contributed by atoms with van der Waals surface area (Å²) in [6, 6.07) is 13.5. The predicted octanol–water partition coefficient (Wildman–Crippen LogP) is 2.27. The van der Waals surface area contributed by atoms with E-state index in [1.807, 2.05) is 0 Å². The molecule has 2 aromatic rings. The molecule has 0 heterocycles. The molecule has 8 heteroatoms. The Morgan fingerprint density at radius 1 is 0.909 bits per heavy atom. The van der Waals surface area contributed by atoms with Gasteiger partial charge in [-0.15, -0.1) is 24.8 Å². The quantitative estimate of drug-likeness (QED) is 0.388. The lowest BCUT2D eigenvalue weighted by molar-refractivity contribution is 0.102. The third kappa shape index (κ3) is 5.51. The maximum atomic E-state index is 12.0. The minimum Gasteiger partial charge on any atom is -0.399 e. The fraction of sp³-hybridized carbons (Fsp3) is 0. The molecule has 0 aliphatic heterocycles. The van der Waals surface area contributed by atoms with Crippen LogP contribution in [-0.4, -0.2) is 11.9 Å². The molecule has 0 bridgehead atoms. The fourth-order valence-electron chi connectivity index (χ4n) is 1.61. The number of hydrogen-bond donors (Lipinski definition) is 4. The van der Waals surface area contributed by atoms with Gasteiger partial charge in [0.15, 0.2) is 5.96 Å². The molecule has 0 fully saturated rings. The summed E-state index contributed by atoms with van der Waals surface area (Å²) in [5, 5.41) is 2.77. The Balaban J connectivity index is 0.00000220. The number of amides is 1. The molecule has 0 aliphatic carbocycles. The molecule has 0 spiro atoms. The molecule has 0 aliphatic rings. The highest BCUT2D eigenvalue weighted by atomic mass is 35.5. The third-order valence-corrected chi connectivity index (χ3v) is 2.56. The molecule has 0 saturated carbocycles. The monoisotopic (exact) mass is 341 g/mol. The van der Waals surface area contributed by atoms with E-state index in [0.29, 0.717) is 22.6 Å². The van der Waals surface area contributed by atoms with E-state index in [-0.39, 0.29) is 36.7 Å². The number of rotatable bonds is 3. The number of carbonyl (C=O) groups excluding carboxylic acids is 1. The molecular weight excluding hydrogens is 325 g/mol. The van der Waals surface area contributed by atoms with Crippen molar-refractivity contribution in [2.24, 2.45) is 16.5 Å². The molecule has 7 N–H and O–H groups in total. The molecule has 22 heavy (non-hydrogen) atoms. The summed E-state index contributed by atoms with van der Waals surface area (Å²) in [4.78, 5) is 15.9. The minimum atomic E-state index is -0.209. The highest BCUT2D eigenvalue weighted by molar-refractivity contribution is 6.04. The summed E-state index contributed by atoms with van der Waals surface area (Å²) in [7, 11) is 0. The van der Waals surface area contributed by atoms with Crippen LogP contribution in [0.15, 0.2) is 53.5 Å². The molecule has 2 rings (SSSR count). The maximum absolute atomic E-state index is 12.0. The van der Waals surface area contributed by atoms with Crippen LogP contribution in [0.25, 0.3) is 0 Å². The van der Waals surface area contributed by atoms with E-state index in [1.54, 1.807) is 48.5 Å². The fourth-order valence-corrected chi connectivity index (χ4v) is 1.61. The summed E-state index contributed by atoms with van der Waals surface area (Å²) in [5.74, 6) is -0.219. The maximum Gasteiger partial charge on any atom is 0.255 e. The molecule has 0 atom stereocenters. The van der Waals surface area contributed by atoms with Crippen LogP contribution < -0.4 is 22.5 Å². The van der Waals surface area contributed by atoms with Crippen molar-refractivity contribution in [3.05, 3.63) is 54.1 Å². The number of nitrogens with zero attached hydrogens (tertiary/aromatic N) is 1. The van der Waals surface area contributed by atoms with Gasteiger partial charge in [0.05, 0.1) is 5.69 Å². The molecule has 0 radical (unpaired) electrons. The van der Waals surface area contributed by atoms with Crippen molar-refractivity contribution in [3.8, 4) is 0 Å². The number of guanidine groups is 1. The lowest BCUT2D eigenvalue weighted by Gasteiger charge is -2.06. The number of halogens is 2. The summed E-state index contributed by atoms with van der Waals surface area (Å²) >= 11 is 0. The number of anilines is 2. The second-order valence-electron chi connectivity index (χ2n) is 4.16. The summed E-state index contributed by atoms with van der Waals surface area (Å²) < 4.78 is 0. The number of nitrogens with one attached hydrogen (secondary N) is 1. The molecule has 6 nitrogen and oxygen atoms in total. The highest BCUT2D eigenvalue weighted by Gasteiger charge is 2.05.